The van der Waals surface area contributed by atoms with Crippen molar-refractivity contribution in [2.45, 2.75) is 0 Å². The van der Waals surface area contributed by atoms with Gasteiger partial charge in [0, 0.05) is 18.0 Å². The minimum atomic E-state index is -0.837. The van der Waals surface area contributed by atoms with E-state index in [9.17, 15) is 9.59 Å². The number of carbonyl (C=O) groups is 2. The van der Waals surface area contributed by atoms with Crippen molar-refractivity contribution < 1.29 is 11.0 Å². The highest BCUT2D eigenvalue weighted by Crippen LogP contribution is 2.22. The average Bonchev–Trinajstić information content (AvgIpc) is 2.52. The maximum Gasteiger partial charge on any atom is 0.167 e. The summed E-state index contributed by atoms with van der Waals surface area (Å²) in [7, 11) is 1.68. The van der Waals surface area contributed by atoms with Gasteiger partial charge in [0.15, 0.2) is 12.5 Å². The summed E-state index contributed by atoms with van der Waals surface area (Å²) in [5, 5.41) is 0.714. The van der Waals surface area contributed by atoms with Crippen LogP contribution in [-0.2, 0) is 7.05 Å². The zero-order valence-corrected chi connectivity index (χ0v) is 7.65. The molecule has 0 aliphatic rings. The van der Waals surface area contributed by atoms with Crippen molar-refractivity contribution in [3.63, 3.8) is 0 Å². The van der Waals surface area contributed by atoms with Crippen LogP contribution in [0.2, 0.25) is 0 Å². The molecule has 2 rings (SSSR count). The predicted octanol–water partition coefficient (Wildman–Crippen LogP) is 1.80. The molecular formula is C11H9NO2. The maximum atomic E-state index is 11.1. The lowest BCUT2D eigenvalue weighted by atomic mass is 10.1. The number of para-hydroxylation sites is 1. The molecule has 0 aliphatic heterocycles. The molecule has 0 aliphatic carbocycles. The molecule has 0 fully saturated rings. The minimum Gasteiger partial charge on any atom is -0.341 e. The SMILES string of the molecule is [2H]C(=O)c1c(C=O)c2ccccc2n1C. The normalized spacial score (nSPS) is 11.4. The van der Waals surface area contributed by atoms with Crippen LogP contribution in [-0.4, -0.2) is 17.1 Å². The third-order valence-electron chi connectivity index (χ3n) is 2.36. The van der Waals surface area contributed by atoms with Gasteiger partial charge < -0.3 is 4.57 Å². The fraction of sp³-hybridized carbons (Fsp3) is 0.0909. The van der Waals surface area contributed by atoms with E-state index in [1.165, 1.54) is 0 Å². The van der Waals surface area contributed by atoms with Crippen molar-refractivity contribution in [3.05, 3.63) is 35.5 Å². The Kier molecular flexibility index (Phi) is 1.66. The predicted molar refractivity (Wildman–Crippen MR) is 53.7 cm³/mol. The van der Waals surface area contributed by atoms with E-state index in [0.29, 0.717) is 17.2 Å². The van der Waals surface area contributed by atoms with Crippen molar-refractivity contribution in [2.24, 2.45) is 7.05 Å². The number of fused-ring (bicyclic) bond motifs is 1. The van der Waals surface area contributed by atoms with Gasteiger partial charge in [-0.2, -0.15) is 0 Å². The Hall–Kier alpha value is -1.90. The Balaban J connectivity index is 2.96. The van der Waals surface area contributed by atoms with E-state index in [2.05, 4.69) is 0 Å². The molecule has 1 aromatic carbocycles. The first-order valence-corrected chi connectivity index (χ1v) is 4.20. The van der Waals surface area contributed by atoms with Crippen molar-refractivity contribution in [1.29, 1.82) is 0 Å². The van der Waals surface area contributed by atoms with Crippen LogP contribution >= 0.6 is 0 Å². The summed E-state index contributed by atoms with van der Waals surface area (Å²) in [4.78, 5) is 22.0. The monoisotopic (exact) mass is 188 g/mol. The molecule has 0 saturated carbocycles. The standard InChI is InChI=1S/C11H9NO2/c1-12-10-5-3-2-4-8(10)9(6-13)11(12)7-14/h2-7H,1H3/i7D. The second-order valence-corrected chi connectivity index (χ2v) is 3.06. The van der Waals surface area contributed by atoms with Crippen LogP contribution < -0.4 is 0 Å². The lowest BCUT2D eigenvalue weighted by Gasteiger charge is -1.95. The third-order valence-corrected chi connectivity index (χ3v) is 2.36. The summed E-state index contributed by atoms with van der Waals surface area (Å²) in [5.41, 5.74) is 1.23. The van der Waals surface area contributed by atoms with Gasteiger partial charge in [-0.1, -0.05) is 18.2 Å². The van der Waals surface area contributed by atoms with Crippen LogP contribution in [0.4, 0.5) is 0 Å². The van der Waals surface area contributed by atoms with E-state index < -0.39 is 6.26 Å². The van der Waals surface area contributed by atoms with E-state index in [1.54, 1.807) is 23.7 Å². The Bertz CT molecular complexity index is 557. The van der Waals surface area contributed by atoms with Crippen LogP contribution in [0.3, 0.4) is 0 Å². The maximum absolute atomic E-state index is 11.1. The van der Waals surface area contributed by atoms with Crippen molar-refractivity contribution >= 4 is 23.5 Å². The van der Waals surface area contributed by atoms with Crippen LogP contribution in [0.25, 0.3) is 10.9 Å². The molecule has 0 radical (unpaired) electrons. The lowest BCUT2D eigenvalue weighted by molar-refractivity contribution is 0.109. The van der Waals surface area contributed by atoms with E-state index in [1.807, 2.05) is 12.1 Å². The molecule has 0 amide bonds. The molecule has 0 spiro atoms. The zero-order chi connectivity index (χ0) is 11.0. The molecule has 3 nitrogen and oxygen atoms in total. The van der Waals surface area contributed by atoms with Gasteiger partial charge in [0.1, 0.15) is 1.37 Å². The van der Waals surface area contributed by atoms with E-state index in [-0.39, 0.29) is 5.69 Å². The summed E-state index contributed by atoms with van der Waals surface area (Å²) >= 11 is 0. The van der Waals surface area contributed by atoms with Gasteiger partial charge in [0.25, 0.3) is 0 Å². The molecule has 70 valence electrons. The summed E-state index contributed by atoms with van der Waals surface area (Å²) in [6, 6.07) is 7.21. The summed E-state index contributed by atoms with van der Waals surface area (Å²) in [6.45, 7) is 0. The molecule has 1 aromatic heterocycles. The Morgan fingerprint density at radius 3 is 2.71 bits per heavy atom. The molecule has 0 atom stereocenters. The number of rotatable bonds is 2. The number of aromatic nitrogens is 1. The van der Waals surface area contributed by atoms with Crippen LogP contribution in [0, 0.1) is 0 Å². The topological polar surface area (TPSA) is 39.1 Å². The second kappa shape index (κ2) is 3.10. The van der Waals surface area contributed by atoms with Crippen LogP contribution in [0.15, 0.2) is 24.3 Å². The van der Waals surface area contributed by atoms with E-state index >= 15 is 0 Å². The van der Waals surface area contributed by atoms with Gasteiger partial charge in [-0.25, -0.2) is 0 Å². The Morgan fingerprint density at radius 1 is 1.36 bits per heavy atom. The van der Waals surface area contributed by atoms with E-state index in [4.69, 9.17) is 1.37 Å². The number of nitrogens with zero attached hydrogens (tertiary/aromatic N) is 1. The van der Waals surface area contributed by atoms with Crippen LogP contribution in [0.5, 0.6) is 0 Å². The molecule has 0 unspecified atom stereocenters. The number of aryl methyl sites for hydroxylation is 1. The number of aldehydes is 2. The van der Waals surface area contributed by atoms with Crippen LogP contribution in [0.1, 0.15) is 22.2 Å². The minimum absolute atomic E-state index is 0.145. The fourth-order valence-corrected chi connectivity index (χ4v) is 1.67. The van der Waals surface area contributed by atoms with Crippen molar-refractivity contribution in [3.8, 4) is 0 Å². The molecular weight excluding hydrogens is 178 g/mol. The molecule has 14 heavy (non-hydrogen) atoms. The molecule has 0 bridgehead atoms. The highest BCUT2D eigenvalue weighted by Gasteiger charge is 2.12. The van der Waals surface area contributed by atoms with Crippen molar-refractivity contribution in [2.75, 3.05) is 0 Å². The number of benzene rings is 1. The first kappa shape index (κ1) is 7.50. The second-order valence-electron chi connectivity index (χ2n) is 3.06. The third kappa shape index (κ3) is 0.988. The highest BCUT2D eigenvalue weighted by molar-refractivity contribution is 6.05. The van der Waals surface area contributed by atoms with Gasteiger partial charge in [-0.15, -0.1) is 0 Å². The Labute approximate surface area is 82.4 Å². The zero-order valence-electron chi connectivity index (χ0n) is 8.65. The molecule has 1 heterocycles. The lowest BCUT2D eigenvalue weighted by Crippen LogP contribution is -1.96. The number of carbonyl (C=O) groups excluding carboxylic acids is 2. The van der Waals surface area contributed by atoms with Gasteiger partial charge in [-0.3, -0.25) is 9.59 Å². The quantitative estimate of drug-likeness (QED) is 0.674. The van der Waals surface area contributed by atoms with Gasteiger partial charge in [0.2, 0.25) is 0 Å². The summed E-state index contributed by atoms with van der Waals surface area (Å²) in [5.74, 6) is 0. The highest BCUT2D eigenvalue weighted by atomic mass is 16.1. The van der Waals surface area contributed by atoms with Gasteiger partial charge in [-0.05, 0) is 6.07 Å². The molecule has 0 saturated heterocycles. The molecule has 2 aromatic rings. The van der Waals surface area contributed by atoms with Crippen molar-refractivity contribution in [1.82, 2.24) is 4.57 Å². The number of hydrogen-bond acceptors (Lipinski definition) is 2. The largest absolute Gasteiger partial charge is 0.341 e. The number of hydrogen-bond donors (Lipinski definition) is 0. The average molecular weight is 188 g/mol. The van der Waals surface area contributed by atoms with Gasteiger partial charge >= 0.3 is 0 Å². The van der Waals surface area contributed by atoms with Gasteiger partial charge in [0.05, 0.1) is 11.3 Å². The first-order chi connectivity index (χ1) is 7.16. The first-order valence-electron chi connectivity index (χ1n) is 4.70. The van der Waals surface area contributed by atoms with E-state index in [0.717, 1.165) is 5.52 Å². The Morgan fingerprint density at radius 2 is 2.07 bits per heavy atom. The molecule has 0 N–H and O–H groups in total. The fourth-order valence-electron chi connectivity index (χ4n) is 1.67. The smallest absolute Gasteiger partial charge is 0.167 e. The molecule has 3 heteroatoms. The summed E-state index contributed by atoms with van der Waals surface area (Å²) in [6.07, 6.45) is -0.208. The summed E-state index contributed by atoms with van der Waals surface area (Å²) < 4.78 is 8.70.